The second kappa shape index (κ2) is 6.79. The Morgan fingerprint density at radius 2 is 2.00 bits per heavy atom. The smallest absolute Gasteiger partial charge is 0.252 e. The van der Waals surface area contributed by atoms with Gasteiger partial charge in [0.2, 0.25) is 11.7 Å². The molecule has 3 aromatic rings. The van der Waals surface area contributed by atoms with E-state index in [1.165, 1.54) is 21.2 Å². The molecule has 1 aliphatic heterocycles. The monoisotopic (exact) mass is 387 g/mol. The van der Waals surface area contributed by atoms with Gasteiger partial charge in [0.15, 0.2) is 0 Å². The molecule has 134 valence electrons. The lowest BCUT2D eigenvalue weighted by Gasteiger charge is -2.25. The highest BCUT2D eigenvalue weighted by atomic mass is 32.2. The number of hydrogen-bond donors (Lipinski definition) is 0. The number of sulfonamides is 1. The van der Waals surface area contributed by atoms with E-state index in [1.54, 1.807) is 18.4 Å². The summed E-state index contributed by atoms with van der Waals surface area (Å²) >= 11 is 1.18. The number of nitrogens with zero attached hydrogens (tertiary/aromatic N) is 3. The first-order valence-electron chi connectivity index (χ1n) is 8.18. The minimum absolute atomic E-state index is 0.298. The van der Waals surface area contributed by atoms with E-state index in [4.69, 9.17) is 4.52 Å². The largest absolute Gasteiger partial charge is 0.339 e. The molecule has 0 N–H and O–H groups in total. The van der Waals surface area contributed by atoms with Gasteiger partial charge < -0.3 is 4.52 Å². The molecule has 4 rings (SSSR count). The molecule has 2 aromatic heterocycles. The van der Waals surface area contributed by atoms with Gasteiger partial charge >= 0.3 is 0 Å². The summed E-state index contributed by atoms with van der Waals surface area (Å²) < 4.78 is 32.6. The van der Waals surface area contributed by atoms with Crippen LogP contribution in [-0.2, 0) is 10.0 Å². The molecule has 26 heavy (non-hydrogen) atoms. The van der Waals surface area contributed by atoms with E-state index in [0.29, 0.717) is 41.0 Å². The Morgan fingerprint density at radius 3 is 2.65 bits per heavy atom. The van der Waals surface area contributed by atoms with E-state index in [1.807, 2.05) is 24.3 Å². The summed E-state index contributed by atoms with van der Waals surface area (Å²) in [5.41, 5.74) is 2.99. The average Bonchev–Trinajstić information content (AvgIpc) is 3.32. The summed E-state index contributed by atoms with van der Waals surface area (Å²) in [4.78, 5) is 4.14. The van der Waals surface area contributed by atoms with E-state index < -0.39 is 10.0 Å². The van der Waals surface area contributed by atoms with Gasteiger partial charge in [-0.2, -0.15) is 9.29 Å². The summed E-state index contributed by atoms with van der Waals surface area (Å²) in [6.07, 6.45) is 2.69. The van der Waals surface area contributed by atoms with Crippen LogP contribution in [0.15, 0.2) is 56.6 Å². The molecule has 6 nitrogen and oxygen atoms in total. The number of rotatable bonds is 4. The number of aryl methyl sites for hydroxylation is 1. The van der Waals surface area contributed by atoms with Crippen LogP contribution in [0.3, 0.4) is 0 Å². The standard InChI is InChI=1S/C18H17N3O3S2/c1-13-19-18(20-24-13)16-11-17(25-12-16)26(22,23)21-9-7-15(8-10-21)14-5-3-2-4-6-14/h2-7,11-12H,8-10H2,1H3. The third-order valence-corrected chi connectivity index (χ3v) is 7.55. The van der Waals surface area contributed by atoms with Gasteiger partial charge in [-0.25, -0.2) is 8.42 Å². The first kappa shape index (κ1) is 17.1. The zero-order valence-corrected chi connectivity index (χ0v) is 15.8. The van der Waals surface area contributed by atoms with Crippen molar-refractivity contribution in [3.8, 4) is 11.4 Å². The van der Waals surface area contributed by atoms with E-state index in [-0.39, 0.29) is 0 Å². The Kier molecular flexibility index (Phi) is 4.47. The molecule has 0 unspecified atom stereocenters. The number of aromatic nitrogens is 2. The van der Waals surface area contributed by atoms with Crippen LogP contribution in [0, 0.1) is 6.92 Å². The Bertz CT molecular complexity index is 1050. The summed E-state index contributed by atoms with van der Waals surface area (Å²) in [6, 6.07) is 11.7. The highest BCUT2D eigenvalue weighted by molar-refractivity contribution is 7.91. The van der Waals surface area contributed by atoms with Gasteiger partial charge in [0.25, 0.3) is 10.0 Å². The topological polar surface area (TPSA) is 76.3 Å². The normalized spacial score (nSPS) is 15.8. The lowest BCUT2D eigenvalue weighted by Crippen LogP contribution is -2.34. The summed E-state index contributed by atoms with van der Waals surface area (Å²) in [7, 11) is -3.53. The molecule has 1 aliphatic rings. The predicted molar refractivity (Wildman–Crippen MR) is 100 cm³/mol. The quantitative estimate of drug-likeness (QED) is 0.684. The molecule has 0 aliphatic carbocycles. The van der Waals surface area contributed by atoms with Crippen molar-refractivity contribution in [3.63, 3.8) is 0 Å². The minimum atomic E-state index is -3.53. The molecule has 0 saturated heterocycles. The fourth-order valence-corrected chi connectivity index (χ4v) is 5.59. The molecule has 0 amide bonds. The van der Waals surface area contributed by atoms with Crippen LogP contribution in [0.5, 0.6) is 0 Å². The zero-order chi connectivity index (χ0) is 18.1. The fraction of sp³-hybridized carbons (Fsp3) is 0.222. The summed E-state index contributed by atoms with van der Waals surface area (Å²) in [6.45, 7) is 2.55. The van der Waals surface area contributed by atoms with Gasteiger partial charge in [-0.05, 0) is 23.6 Å². The van der Waals surface area contributed by atoms with Crippen molar-refractivity contribution in [2.24, 2.45) is 0 Å². The van der Waals surface area contributed by atoms with Crippen molar-refractivity contribution in [2.75, 3.05) is 13.1 Å². The molecule has 3 heterocycles. The molecular formula is C18H17N3O3S2. The predicted octanol–water partition coefficient (Wildman–Crippen LogP) is 3.58. The van der Waals surface area contributed by atoms with Crippen LogP contribution >= 0.6 is 11.3 Å². The molecule has 0 bridgehead atoms. The van der Waals surface area contributed by atoms with Crippen LogP contribution in [0.1, 0.15) is 17.9 Å². The highest BCUT2D eigenvalue weighted by Gasteiger charge is 2.28. The molecule has 0 spiro atoms. The lowest BCUT2D eigenvalue weighted by atomic mass is 10.0. The Morgan fingerprint density at radius 1 is 1.19 bits per heavy atom. The Labute approximate surface area is 155 Å². The minimum Gasteiger partial charge on any atom is -0.339 e. The van der Waals surface area contributed by atoms with Crippen LogP contribution in [0.2, 0.25) is 0 Å². The third-order valence-electron chi connectivity index (χ3n) is 4.27. The fourth-order valence-electron chi connectivity index (χ4n) is 2.90. The van der Waals surface area contributed by atoms with E-state index >= 15 is 0 Å². The van der Waals surface area contributed by atoms with Crippen LogP contribution in [0.4, 0.5) is 0 Å². The Balaban J connectivity index is 1.55. The average molecular weight is 387 g/mol. The molecule has 0 radical (unpaired) electrons. The van der Waals surface area contributed by atoms with Crippen molar-refractivity contribution in [2.45, 2.75) is 17.6 Å². The molecule has 8 heteroatoms. The molecule has 0 saturated carbocycles. The van der Waals surface area contributed by atoms with Gasteiger partial charge in [-0.15, -0.1) is 11.3 Å². The van der Waals surface area contributed by atoms with Crippen molar-refractivity contribution >= 4 is 26.9 Å². The number of thiophene rings is 1. The highest BCUT2D eigenvalue weighted by Crippen LogP contribution is 2.31. The Hall–Kier alpha value is -2.29. The van der Waals surface area contributed by atoms with Crippen LogP contribution in [-0.4, -0.2) is 36.0 Å². The first-order valence-corrected chi connectivity index (χ1v) is 10.5. The van der Waals surface area contributed by atoms with Crippen molar-refractivity contribution in [1.29, 1.82) is 0 Å². The number of hydrogen-bond acceptors (Lipinski definition) is 6. The van der Waals surface area contributed by atoms with Crippen molar-refractivity contribution < 1.29 is 12.9 Å². The van der Waals surface area contributed by atoms with E-state index in [0.717, 1.165) is 5.56 Å². The van der Waals surface area contributed by atoms with Crippen LogP contribution < -0.4 is 0 Å². The second-order valence-corrected chi connectivity index (χ2v) is 9.08. The van der Waals surface area contributed by atoms with Crippen molar-refractivity contribution in [3.05, 3.63) is 59.3 Å². The molecule has 0 atom stereocenters. The van der Waals surface area contributed by atoms with Crippen molar-refractivity contribution in [1.82, 2.24) is 14.4 Å². The van der Waals surface area contributed by atoms with Gasteiger partial charge in [-0.1, -0.05) is 41.6 Å². The molecular weight excluding hydrogens is 370 g/mol. The number of benzene rings is 1. The van der Waals surface area contributed by atoms with E-state index in [9.17, 15) is 8.42 Å². The van der Waals surface area contributed by atoms with Gasteiger partial charge in [0.1, 0.15) is 4.21 Å². The van der Waals surface area contributed by atoms with Crippen LogP contribution in [0.25, 0.3) is 17.0 Å². The zero-order valence-electron chi connectivity index (χ0n) is 14.1. The maximum Gasteiger partial charge on any atom is 0.252 e. The third kappa shape index (κ3) is 3.23. The first-order chi connectivity index (χ1) is 12.5. The maximum absolute atomic E-state index is 12.9. The van der Waals surface area contributed by atoms with Gasteiger partial charge in [0, 0.05) is 31.0 Å². The summed E-state index contributed by atoms with van der Waals surface area (Å²) in [5.74, 6) is 0.857. The second-order valence-electron chi connectivity index (χ2n) is 6.00. The molecule has 1 aromatic carbocycles. The van der Waals surface area contributed by atoms with Gasteiger partial charge in [0.05, 0.1) is 0 Å². The lowest BCUT2D eigenvalue weighted by molar-refractivity contribution is 0.394. The maximum atomic E-state index is 12.9. The SMILES string of the molecule is Cc1nc(-c2csc(S(=O)(=O)N3CC=C(c4ccccc4)CC3)c2)no1. The van der Waals surface area contributed by atoms with E-state index in [2.05, 4.69) is 22.3 Å². The summed E-state index contributed by atoms with van der Waals surface area (Å²) in [5, 5.41) is 5.58. The molecule has 0 fully saturated rings. The van der Waals surface area contributed by atoms with Gasteiger partial charge in [-0.3, -0.25) is 0 Å².